The Hall–Kier alpha value is -2.88. The molecule has 1 saturated heterocycles. The van der Waals surface area contributed by atoms with Gasteiger partial charge < -0.3 is 19.3 Å². The van der Waals surface area contributed by atoms with Crippen molar-refractivity contribution in [3.8, 4) is 5.69 Å². The van der Waals surface area contributed by atoms with Gasteiger partial charge in [0.25, 0.3) is 11.5 Å². The molecule has 1 fully saturated rings. The van der Waals surface area contributed by atoms with Gasteiger partial charge in [0.15, 0.2) is 5.60 Å². The van der Waals surface area contributed by atoms with Crippen LogP contribution in [0.4, 0.5) is 9.80 Å². The lowest BCUT2D eigenvalue weighted by atomic mass is 9.82. The molecule has 4 atom stereocenters. The first-order valence-corrected chi connectivity index (χ1v) is 14.0. The van der Waals surface area contributed by atoms with Gasteiger partial charge in [-0.2, -0.15) is 9.78 Å². The maximum absolute atomic E-state index is 15.4. The number of rotatable bonds is 4. The fourth-order valence-corrected chi connectivity index (χ4v) is 8.20. The van der Waals surface area contributed by atoms with Crippen LogP contribution >= 0.6 is 0 Å². The first kappa shape index (κ1) is 21.9. The number of amides is 1. The summed E-state index contributed by atoms with van der Waals surface area (Å²) in [4.78, 5) is 26.4. The summed E-state index contributed by atoms with van der Waals surface area (Å²) in [6.45, 7) is 4.92. The number of halogens is 1. The Balaban J connectivity index is 1.66. The Labute approximate surface area is 191 Å². The summed E-state index contributed by atoms with van der Waals surface area (Å²) in [5.41, 5.74) is -0.476. The summed E-state index contributed by atoms with van der Waals surface area (Å²) in [6.07, 6.45) is 1.31. The first-order valence-electron chi connectivity index (χ1n) is 11.1. The minimum atomic E-state index is -3.23. The Morgan fingerprint density at radius 2 is 2.00 bits per heavy atom. The standard InChI is InChI=1S/C24H26FN3O4Si/c1-14-21(33(2,3)25)20(10-11-29)32-24(14)18-12-16(8-9-19(18)27-23(24)31)28-22(30)17-7-5-4-6-15(17)13-26-28/h4-9,12-14,20-21,29H,10-11H2,1-3H3,(H,27,31)/t14-,20+,21-,24+/m1/s1. The molecule has 0 aliphatic carbocycles. The number of carbonyl (C=O) groups excluding carboxylic acids is 1. The van der Waals surface area contributed by atoms with Crippen LogP contribution in [0.5, 0.6) is 0 Å². The molecule has 2 aliphatic rings. The third-order valence-corrected chi connectivity index (χ3v) is 9.51. The second kappa shape index (κ2) is 7.58. The second-order valence-corrected chi connectivity index (χ2v) is 13.2. The molecule has 2 aromatic carbocycles. The molecule has 1 amide bonds. The lowest BCUT2D eigenvalue weighted by molar-refractivity contribution is -0.143. The number of aliphatic hydroxyl groups is 1. The zero-order chi connectivity index (χ0) is 23.5. The summed E-state index contributed by atoms with van der Waals surface area (Å²) in [5.74, 6) is -0.789. The smallest absolute Gasteiger partial charge is 0.279 e. The third-order valence-electron chi connectivity index (χ3n) is 7.05. The monoisotopic (exact) mass is 467 g/mol. The molecule has 1 aromatic heterocycles. The zero-order valence-corrected chi connectivity index (χ0v) is 19.7. The van der Waals surface area contributed by atoms with Gasteiger partial charge in [-0.25, -0.2) is 0 Å². The van der Waals surface area contributed by atoms with Crippen LogP contribution in [0.2, 0.25) is 18.6 Å². The highest BCUT2D eigenvalue weighted by atomic mass is 28.4. The molecule has 1 spiro atoms. The molecule has 0 radical (unpaired) electrons. The van der Waals surface area contributed by atoms with Gasteiger partial charge >= 0.3 is 0 Å². The number of benzene rings is 2. The van der Waals surface area contributed by atoms with Crippen molar-refractivity contribution in [2.24, 2.45) is 5.92 Å². The van der Waals surface area contributed by atoms with Gasteiger partial charge in [-0.1, -0.05) is 25.1 Å². The summed E-state index contributed by atoms with van der Waals surface area (Å²) in [7, 11) is -3.23. The molecule has 7 nitrogen and oxygen atoms in total. The summed E-state index contributed by atoms with van der Waals surface area (Å²) in [5, 5.41) is 18.0. The molecule has 3 heterocycles. The van der Waals surface area contributed by atoms with Gasteiger partial charge in [-0.15, -0.1) is 0 Å². The van der Waals surface area contributed by atoms with Crippen molar-refractivity contribution in [2.45, 2.75) is 43.7 Å². The number of anilines is 1. The number of nitrogens with one attached hydrogen (secondary N) is 1. The van der Waals surface area contributed by atoms with Crippen molar-refractivity contribution < 1.29 is 18.7 Å². The predicted molar refractivity (Wildman–Crippen MR) is 126 cm³/mol. The Morgan fingerprint density at radius 3 is 2.73 bits per heavy atom. The van der Waals surface area contributed by atoms with E-state index in [4.69, 9.17) is 4.74 Å². The van der Waals surface area contributed by atoms with Crippen molar-refractivity contribution in [3.63, 3.8) is 0 Å². The number of aromatic nitrogens is 2. The van der Waals surface area contributed by atoms with Crippen LogP contribution in [-0.2, 0) is 15.1 Å². The van der Waals surface area contributed by atoms with E-state index < -0.39 is 31.6 Å². The molecule has 0 unspecified atom stereocenters. The summed E-state index contributed by atoms with van der Waals surface area (Å²) in [6, 6.07) is 12.4. The predicted octanol–water partition coefficient (Wildman–Crippen LogP) is 3.50. The lowest BCUT2D eigenvalue weighted by Gasteiger charge is -2.30. The van der Waals surface area contributed by atoms with E-state index in [1.54, 1.807) is 49.6 Å². The number of carbonyl (C=O) groups is 1. The second-order valence-electron chi connectivity index (χ2n) is 9.42. The van der Waals surface area contributed by atoms with Crippen LogP contribution in [0, 0.1) is 5.92 Å². The first-order chi connectivity index (χ1) is 15.7. The normalized spacial score (nSPS) is 26.7. The number of aliphatic hydroxyl groups excluding tert-OH is 1. The van der Waals surface area contributed by atoms with Crippen molar-refractivity contribution in [3.05, 3.63) is 64.6 Å². The van der Waals surface area contributed by atoms with Crippen LogP contribution in [0.3, 0.4) is 0 Å². The molecule has 0 bridgehead atoms. The van der Waals surface area contributed by atoms with Gasteiger partial charge in [0, 0.05) is 34.7 Å². The van der Waals surface area contributed by atoms with Gasteiger partial charge in [0.2, 0.25) is 8.41 Å². The maximum Gasteiger partial charge on any atom is 0.279 e. The van der Waals surface area contributed by atoms with E-state index in [9.17, 15) is 14.7 Å². The van der Waals surface area contributed by atoms with E-state index in [-0.39, 0.29) is 24.5 Å². The molecule has 33 heavy (non-hydrogen) atoms. The third kappa shape index (κ3) is 3.18. The molecule has 2 N–H and O–H groups in total. The highest BCUT2D eigenvalue weighted by Crippen LogP contribution is 2.58. The molecule has 3 aromatic rings. The van der Waals surface area contributed by atoms with E-state index in [2.05, 4.69) is 10.4 Å². The highest BCUT2D eigenvalue weighted by molar-refractivity contribution is 6.72. The zero-order valence-electron chi connectivity index (χ0n) is 18.7. The van der Waals surface area contributed by atoms with E-state index in [0.717, 1.165) is 5.39 Å². The van der Waals surface area contributed by atoms with Crippen LogP contribution in [-0.4, -0.2) is 41.9 Å². The van der Waals surface area contributed by atoms with E-state index >= 15 is 4.11 Å². The fourth-order valence-electron chi connectivity index (χ4n) is 5.66. The SMILES string of the molecule is C[C@@H]1[C@@H]([Si](C)(C)F)[C@H](CCO)O[C@@]12C(=O)Nc1ccc(-n3ncc4ccccc4c3=O)cc12. The number of ether oxygens (including phenoxy) is 1. The number of fused-ring (bicyclic) bond motifs is 3. The van der Waals surface area contributed by atoms with Crippen molar-refractivity contribution in [1.82, 2.24) is 9.78 Å². The fraction of sp³-hybridized carbons (Fsp3) is 0.375. The van der Waals surface area contributed by atoms with Crippen LogP contribution in [0.15, 0.2) is 53.5 Å². The van der Waals surface area contributed by atoms with Crippen LogP contribution in [0.1, 0.15) is 18.9 Å². The Bertz CT molecular complexity index is 1320. The minimum absolute atomic E-state index is 0.153. The largest absolute Gasteiger partial charge is 0.396 e. The summed E-state index contributed by atoms with van der Waals surface area (Å²) < 4.78 is 23.0. The van der Waals surface area contributed by atoms with E-state index in [0.29, 0.717) is 22.3 Å². The molecule has 2 aliphatic heterocycles. The van der Waals surface area contributed by atoms with Gasteiger partial charge in [0.05, 0.1) is 23.4 Å². The minimum Gasteiger partial charge on any atom is -0.396 e. The summed E-state index contributed by atoms with van der Waals surface area (Å²) >= 11 is 0. The molecule has 0 saturated carbocycles. The lowest BCUT2D eigenvalue weighted by Crippen LogP contribution is -2.42. The quantitative estimate of drug-likeness (QED) is 0.453. The van der Waals surface area contributed by atoms with Crippen molar-refractivity contribution in [2.75, 3.05) is 11.9 Å². The molecule has 172 valence electrons. The molecule has 5 rings (SSSR count). The van der Waals surface area contributed by atoms with E-state index in [1.165, 1.54) is 4.68 Å². The Kier molecular flexibility index (Phi) is 5.04. The van der Waals surface area contributed by atoms with Crippen LogP contribution in [0.25, 0.3) is 16.5 Å². The maximum atomic E-state index is 15.4. The topological polar surface area (TPSA) is 93.4 Å². The Morgan fingerprint density at radius 1 is 1.24 bits per heavy atom. The van der Waals surface area contributed by atoms with Gasteiger partial charge in [-0.3, -0.25) is 9.59 Å². The van der Waals surface area contributed by atoms with Gasteiger partial charge in [0.1, 0.15) is 0 Å². The number of hydrogen-bond acceptors (Lipinski definition) is 5. The average Bonchev–Trinajstić information content (AvgIpc) is 3.22. The van der Waals surface area contributed by atoms with Crippen LogP contribution < -0.4 is 10.9 Å². The van der Waals surface area contributed by atoms with E-state index in [1.807, 2.05) is 19.1 Å². The number of hydrogen-bond donors (Lipinski definition) is 2. The van der Waals surface area contributed by atoms with Crippen molar-refractivity contribution in [1.29, 1.82) is 0 Å². The highest BCUT2D eigenvalue weighted by Gasteiger charge is 2.65. The molecular formula is C24H26FN3O4Si. The molecule has 9 heteroatoms. The average molecular weight is 468 g/mol. The molecular weight excluding hydrogens is 441 g/mol. The number of nitrogens with zero attached hydrogens (tertiary/aromatic N) is 2. The van der Waals surface area contributed by atoms with Crippen molar-refractivity contribution >= 4 is 30.8 Å². The van der Waals surface area contributed by atoms with Gasteiger partial charge in [-0.05, 0) is 43.8 Å².